The molecule has 0 radical (unpaired) electrons. The smallest absolute Gasteiger partial charge is 0.227 e. The molecule has 4 nitrogen and oxygen atoms in total. The summed E-state index contributed by atoms with van der Waals surface area (Å²) in [5.74, 6) is -0.980. The fraction of sp³-hybridized carbons (Fsp3) is 0.774. The lowest BCUT2D eigenvalue weighted by molar-refractivity contribution is -0.139. The van der Waals surface area contributed by atoms with E-state index in [1.807, 2.05) is 18.7 Å². The normalized spacial score (nSPS) is 26.0. The second kappa shape index (κ2) is 10.9. The van der Waals surface area contributed by atoms with Crippen LogP contribution < -0.4 is 0 Å². The minimum atomic E-state index is -0.679. The number of aliphatic hydroxyl groups is 1. The van der Waals surface area contributed by atoms with Gasteiger partial charge in [0.05, 0.1) is 11.5 Å². The lowest BCUT2D eigenvalue weighted by Crippen LogP contribution is -2.49. The zero-order chi connectivity index (χ0) is 27.0. The molecular formula is C31H48F2N2O2. The first-order valence-corrected chi connectivity index (χ1v) is 14.5. The molecule has 1 unspecified atom stereocenters. The van der Waals surface area contributed by atoms with Crippen molar-refractivity contribution >= 4 is 5.91 Å². The summed E-state index contributed by atoms with van der Waals surface area (Å²) in [7, 11) is 0. The third-order valence-electron chi connectivity index (χ3n) is 9.72. The zero-order valence-electron chi connectivity index (χ0n) is 23.7. The molecule has 1 aromatic rings. The van der Waals surface area contributed by atoms with Gasteiger partial charge in [-0.3, -0.25) is 9.69 Å². The Kier molecular flexibility index (Phi) is 8.40. The van der Waals surface area contributed by atoms with E-state index in [1.54, 1.807) is 0 Å². The number of halogens is 2. The predicted octanol–water partition coefficient (Wildman–Crippen LogP) is 6.52. The van der Waals surface area contributed by atoms with E-state index in [0.29, 0.717) is 24.6 Å². The molecule has 1 saturated carbocycles. The highest BCUT2D eigenvalue weighted by atomic mass is 19.1. The molecule has 1 aliphatic carbocycles. The molecule has 3 aliphatic rings. The molecule has 0 bridgehead atoms. The molecule has 208 valence electrons. The molecule has 1 amide bonds. The van der Waals surface area contributed by atoms with Gasteiger partial charge in [-0.05, 0) is 96.1 Å². The van der Waals surface area contributed by atoms with E-state index in [9.17, 15) is 18.7 Å². The van der Waals surface area contributed by atoms with Crippen LogP contribution in [-0.4, -0.2) is 58.1 Å². The first kappa shape index (κ1) is 28.5. The van der Waals surface area contributed by atoms with E-state index >= 15 is 0 Å². The van der Waals surface area contributed by atoms with Gasteiger partial charge in [0.1, 0.15) is 11.6 Å². The van der Waals surface area contributed by atoms with Gasteiger partial charge in [-0.1, -0.05) is 25.3 Å². The summed E-state index contributed by atoms with van der Waals surface area (Å²) in [5.41, 5.74) is -0.183. The first-order valence-electron chi connectivity index (χ1n) is 14.5. The van der Waals surface area contributed by atoms with Gasteiger partial charge in [0.25, 0.3) is 0 Å². The van der Waals surface area contributed by atoms with Crippen LogP contribution in [0, 0.1) is 28.9 Å². The Bertz CT molecular complexity index is 938. The molecule has 2 atom stereocenters. The quantitative estimate of drug-likeness (QED) is 0.466. The number of carbonyl (C=O) groups is 1. The van der Waals surface area contributed by atoms with Crippen molar-refractivity contribution in [1.82, 2.24) is 9.80 Å². The van der Waals surface area contributed by atoms with Crippen molar-refractivity contribution in [3.8, 4) is 0 Å². The average Bonchev–Trinajstić information content (AvgIpc) is 3.29. The molecule has 4 rings (SSSR count). The van der Waals surface area contributed by atoms with Crippen LogP contribution in [0.4, 0.5) is 8.78 Å². The van der Waals surface area contributed by atoms with E-state index in [0.717, 1.165) is 44.8 Å². The number of amides is 1. The molecule has 37 heavy (non-hydrogen) atoms. The van der Waals surface area contributed by atoms with E-state index in [1.165, 1.54) is 44.2 Å². The fourth-order valence-electron chi connectivity index (χ4n) is 7.26. The van der Waals surface area contributed by atoms with Gasteiger partial charge in [0, 0.05) is 43.7 Å². The molecule has 1 aromatic carbocycles. The van der Waals surface area contributed by atoms with Gasteiger partial charge in [-0.15, -0.1) is 0 Å². The standard InChI is InChI=1S/C31H48F2N2O2/c1-29(2,3)35-20-25(24-12-11-23(32)19-27(24)33)26(21-35)28(36)34-17-15-31(16-18-34,14-13-30(4,5)37)22-9-7-6-8-10-22/h11-12,19,22,25-26,37H,6-10,13-18,20-21H2,1-5H3/t25-,26?/m0/s1. The number of benzene rings is 1. The third kappa shape index (κ3) is 6.55. The number of likely N-dealkylation sites (tertiary alicyclic amines) is 2. The maximum absolute atomic E-state index is 14.9. The van der Waals surface area contributed by atoms with Gasteiger partial charge >= 0.3 is 0 Å². The third-order valence-corrected chi connectivity index (χ3v) is 9.72. The van der Waals surface area contributed by atoms with Crippen molar-refractivity contribution in [2.24, 2.45) is 17.3 Å². The number of rotatable bonds is 6. The van der Waals surface area contributed by atoms with Crippen LogP contribution in [0.5, 0.6) is 0 Å². The summed E-state index contributed by atoms with van der Waals surface area (Å²) < 4.78 is 28.6. The van der Waals surface area contributed by atoms with Crippen LogP contribution >= 0.6 is 0 Å². The molecule has 2 heterocycles. The number of carbonyl (C=O) groups excluding carboxylic acids is 1. The molecule has 3 fully saturated rings. The maximum Gasteiger partial charge on any atom is 0.227 e. The van der Waals surface area contributed by atoms with Gasteiger partial charge in [0.15, 0.2) is 0 Å². The summed E-state index contributed by atoms with van der Waals surface area (Å²) in [6.07, 6.45) is 10.1. The van der Waals surface area contributed by atoms with Gasteiger partial charge in [-0.25, -0.2) is 8.78 Å². The lowest BCUT2D eigenvalue weighted by Gasteiger charge is -2.49. The Hall–Kier alpha value is -1.53. The number of hydrogen-bond donors (Lipinski definition) is 1. The van der Waals surface area contributed by atoms with Crippen LogP contribution in [0.1, 0.15) is 104 Å². The summed E-state index contributed by atoms with van der Waals surface area (Å²) in [4.78, 5) is 18.3. The summed E-state index contributed by atoms with van der Waals surface area (Å²) >= 11 is 0. The van der Waals surface area contributed by atoms with E-state index < -0.39 is 17.2 Å². The second-order valence-electron chi connectivity index (χ2n) is 13.8. The highest BCUT2D eigenvalue weighted by Crippen LogP contribution is 2.50. The van der Waals surface area contributed by atoms with E-state index in [-0.39, 0.29) is 28.7 Å². The fourth-order valence-corrected chi connectivity index (χ4v) is 7.26. The van der Waals surface area contributed by atoms with Crippen LogP contribution in [0.3, 0.4) is 0 Å². The number of nitrogens with zero attached hydrogens (tertiary/aromatic N) is 2. The Morgan fingerprint density at radius 2 is 1.68 bits per heavy atom. The van der Waals surface area contributed by atoms with Crippen molar-refractivity contribution in [3.63, 3.8) is 0 Å². The van der Waals surface area contributed by atoms with Crippen molar-refractivity contribution in [2.45, 2.75) is 109 Å². The second-order valence-corrected chi connectivity index (χ2v) is 13.8. The van der Waals surface area contributed by atoms with E-state index in [2.05, 4.69) is 25.7 Å². The predicted molar refractivity (Wildman–Crippen MR) is 144 cm³/mol. The summed E-state index contributed by atoms with van der Waals surface area (Å²) in [5, 5.41) is 10.5. The Labute approximate surface area is 222 Å². The number of piperidine rings is 1. The first-order chi connectivity index (χ1) is 17.3. The Morgan fingerprint density at radius 3 is 2.24 bits per heavy atom. The Morgan fingerprint density at radius 1 is 1.03 bits per heavy atom. The average molecular weight is 519 g/mol. The van der Waals surface area contributed by atoms with Crippen molar-refractivity contribution in [2.75, 3.05) is 26.2 Å². The molecular weight excluding hydrogens is 470 g/mol. The molecule has 0 aromatic heterocycles. The molecule has 0 spiro atoms. The minimum absolute atomic E-state index is 0.111. The topological polar surface area (TPSA) is 43.8 Å². The molecule has 2 aliphatic heterocycles. The van der Waals surface area contributed by atoms with Crippen molar-refractivity contribution in [1.29, 1.82) is 0 Å². The SMILES string of the molecule is CC(C)(O)CCC1(C2CCCCC2)CCN(C(=O)C2CN(C(C)(C)C)C[C@H]2c2ccc(F)cc2F)CC1. The van der Waals surface area contributed by atoms with Gasteiger partial charge in [0.2, 0.25) is 5.91 Å². The van der Waals surface area contributed by atoms with Crippen LogP contribution in [0.25, 0.3) is 0 Å². The highest BCUT2D eigenvalue weighted by molar-refractivity contribution is 5.81. The Balaban J connectivity index is 1.52. The largest absolute Gasteiger partial charge is 0.390 e. The van der Waals surface area contributed by atoms with Crippen molar-refractivity contribution < 1.29 is 18.7 Å². The molecule has 1 N–H and O–H groups in total. The van der Waals surface area contributed by atoms with E-state index in [4.69, 9.17) is 0 Å². The molecule has 6 heteroatoms. The van der Waals surface area contributed by atoms with Crippen molar-refractivity contribution in [3.05, 3.63) is 35.4 Å². The monoisotopic (exact) mass is 518 g/mol. The zero-order valence-corrected chi connectivity index (χ0v) is 23.7. The van der Waals surface area contributed by atoms with Crippen LogP contribution in [0.15, 0.2) is 18.2 Å². The van der Waals surface area contributed by atoms with Crippen LogP contribution in [0.2, 0.25) is 0 Å². The number of hydrogen-bond acceptors (Lipinski definition) is 3. The lowest BCUT2D eigenvalue weighted by atomic mass is 9.61. The van der Waals surface area contributed by atoms with Crippen LogP contribution in [-0.2, 0) is 4.79 Å². The summed E-state index contributed by atoms with van der Waals surface area (Å²) in [6, 6.07) is 3.78. The minimum Gasteiger partial charge on any atom is -0.390 e. The molecule has 2 saturated heterocycles. The highest BCUT2D eigenvalue weighted by Gasteiger charge is 2.47. The summed E-state index contributed by atoms with van der Waals surface area (Å²) in [6.45, 7) is 12.8. The van der Waals surface area contributed by atoms with Gasteiger partial charge in [-0.2, -0.15) is 0 Å². The maximum atomic E-state index is 14.9. The van der Waals surface area contributed by atoms with Gasteiger partial charge < -0.3 is 10.0 Å².